The standard InChI is InChI=1S/C13H18N4O/c1-4-9-6-7-11(18-9)13-15-10(5-2)8(3)12(16-13)17-14/h6-7H,4-5,14H2,1-3H3,(H,15,16,17). The number of hydrogen-bond donors (Lipinski definition) is 2. The molecule has 5 nitrogen and oxygen atoms in total. The van der Waals surface area contributed by atoms with Crippen molar-refractivity contribution < 1.29 is 4.42 Å². The molecular formula is C13H18N4O. The molecule has 2 rings (SSSR count). The SMILES string of the molecule is CCc1ccc(-c2nc(CC)c(C)c(NN)n2)o1. The molecule has 0 bridgehead atoms. The molecule has 18 heavy (non-hydrogen) atoms. The molecule has 2 heterocycles. The van der Waals surface area contributed by atoms with Crippen molar-refractivity contribution in [3.05, 3.63) is 29.2 Å². The minimum absolute atomic E-state index is 0.574. The van der Waals surface area contributed by atoms with Crippen molar-refractivity contribution in [3.8, 4) is 11.6 Å². The Morgan fingerprint density at radius 2 is 2.00 bits per heavy atom. The van der Waals surface area contributed by atoms with Crippen molar-refractivity contribution in [2.24, 2.45) is 5.84 Å². The van der Waals surface area contributed by atoms with Crippen LogP contribution in [0.15, 0.2) is 16.5 Å². The summed E-state index contributed by atoms with van der Waals surface area (Å²) in [4.78, 5) is 8.89. The quantitative estimate of drug-likeness (QED) is 0.640. The van der Waals surface area contributed by atoms with Gasteiger partial charge in [0, 0.05) is 17.7 Å². The van der Waals surface area contributed by atoms with Crippen LogP contribution < -0.4 is 11.3 Å². The molecule has 96 valence electrons. The van der Waals surface area contributed by atoms with E-state index in [1.54, 1.807) is 0 Å². The molecule has 0 radical (unpaired) electrons. The number of aromatic nitrogens is 2. The molecule has 0 aliphatic carbocycles. The summed E-state index contributed by atoms with van der Waals surface area (Å²) in [6, 6.07) is 3.84. The molecule has 0 aliphatic rings. The van der Waals surface area contributed by atoms with Gasteiger partial charge in [-0.2, -0.15) is 0 Å². The highest BCUT2D eigenvalue weighted by molar-refractivity contribution is 5.55. The van der Waals surface area contributed by atoms with Crippen LogP contribution >= 0.6 is 0 Å². The molecule has 3 N–H and O–H groups in total. The summed E-state index contributed by atoms with van der Waals surface area (Å²) >= 11 is 0. The second kappa shape index (κ2) is 5.18. The van der Waals surface area contributed by atoms with Gasteiger partial charge < -0.3 is 9.84 Å². The number of hydrogen-bond acceptors (Lipinski definition) is 5. The lowest BCUT2D eigenvalue weighted by Gasteiger charge is -2.09. The Morgan fingerprint density at radius 3 is 2.56 bits per heavy atom. The van der Waals surface area contributed by atoms with E-state index in [-0.39, 0.29) is 0 Å². The zero-order valence-electron chi connectivity index (χ0n) is 10.9. The molecular weight excluding hydrogens is 228 g/mol. The van der Waals surface area contributed by atoms with Crippen LogP contribution in [-0.2, 0) is 12.8 Å². The lowest BCUT2D eigenvalue weighted by atomic mass is 10.2. The van der Waals surface area contributed by atoms with E-state index < -0.39 is 0 Å². The van der Waals surface area contributed by atoms with Crippen molar-refractivity contribution in [1.82, 2.24) is 9.97 Å². The number of rotatable bonds is 4. The summed E-state index contributed by atoms with van der Waals surface area (Å²) in [5.41, 5.74) is 4.56. The fourth-order valence-corrected chi connectivity index (χ4v) is 1.85. The summed E-state index contributed by atoms with van der Waals surface area (Å²) in [6.07, 6.45) is 1.69. The van der Waals surface area contributed by atoms with Crippen LogP contribution in [0.2, 0.25) is 0 Å². The van der Waals surface area contributed by atoms with E-state index in [1.807, 2.05) is 26.0 Å². The summed E-state index contributed by atoms with van der Waals surface area (Å²) in [5, 5.41) is 0. The van der Waals surface area contributed by atoms with E-state index in [1.165, 1.54) is 0 Å². The van der Waals surface area contributed by atoms with Gasteiger partial charge in [-0.3, -0.25) is 0 Å². The van der Waals surface area contributed by atoms with Crippen molar-refractivity contribution in [3.63, 3.8) is 0 Å². The highest BCUT2D eigenvalue weighted by Gasteiger charge is 2.13. The van der Waals surface area contributed by atoms with E-state index >= 15 is 0 Å². The highest BCUT2D eigenvalue weighted by atomic mass is 16.3. The van der Waals surface area contributed by atoms with Crippen LogP contribution in [0.3, 0.4) is 0 Å². The third-order valence-corrected chi connectivity index (χ3v) is 2.95. The summed E-state index contributed by atoms with van der Waals surface area (Å²) < 4.78 is 5.66. The lowest BCUT2D eigenvalue weighted by molar-refractivity contribution is 0.525. The van der Waals surface area contributed by atoms with Gasteiger partial charge in [-0.15, -0.1) is 0 Å². The van der Waals surface area contributed by atoms with Crippen molar-refractivity contribution in [1.29, 1.82) is 0 Å². The van der Waals surface area contributed by atoms with Crippen LogP contribution in [0.4, 0.5) is 5.82 Å². The van der Waals surface area contributed by atoms with Crippen LogP contribution in [-0.4, -0.2) is 9.97 Å². The van der Waals surface area contributed by atoms with Gasteiger partial charge in [0.1, 0.15) is 11.6 Å². The van der Waals surface area contributed by atoms with Gasteiger partial charge in [0.15, 0.2) is 11.6 Å². The van der Waals surface area contributed by atoms with Crippen molar-refractivity contribution >= 4 is 5.82 Å². The monoisotopic (exact) mass is 246 g/mol. The molecule has 0 aromatic carbocycles. The predicted octanol–water partition coefficient (Wildman–Crippen LogP) is 2.46. The Labute approximate surface area is 106 Å². The van der Waals surface area contributed by atoms with Crippen LogP contribution in [0.25, 0.3) is 11.6 Å². The van der Waals surface area contributed by atoms with E-state index in [9.17, 15) is 0 Å². The summed E-state index contributed by atoms with van der Waals surface area (Å²) in [6.45, 7) is 6.05. The lowest BCUT2D eigenvalue weighted by Crippen LogP contribution is -2.13. The summed E-state index contributed by atoms with van der Waals surface area (Å²) in [5.74, 6) is 8.30. The number of hydrazine groups is 1. The van der Waals surface area contributed by atoms with E-state index in [2.05, 4.69) is 22.3 Å². The minimum Gasteiger partial charge on any atom is -0.458 e. The first kappa shape index (κ1) is 12.6. The Balaban J connectivity index is 2.50. The topological polar surface area (TPSA) is 77.0 Å². The number of nitrogens with zero attached hydrogens (tertiary/aromatic N) is 2. The fraction of sp³-hybridized carbons (Fsp3) is 0.385. The van der Waals surface area contributed by atoms with Crippen molar-refractivity contribution in [2.45, 2.75) is 33.6 Å². The van der Waals surface area contributed by atoms with E-state index in [0.717, 1.165) is 29.9 Å². The normalized spacial score (nSPS) is 10.7. The number of anilines is 1. The van der Waals surface area contributed by atoms with Gasteiger partial charge >= 0.3 is 0 Å². The van der Waals surface area contributed by atoms with Gasteiger partial charge in [-0.05, 0) is 25.5 Å². The predicted molar refractivity (Wildman–Crippen MR) is 71.0 cm³/mol. The Bertz CT molecular complexity index is 523. The van der Waals surface area contributed by atoms with Crippen LogP contribution in [0, 0.1) is 6.92 Å². The Kier molecular flexibility index (Phi) is 3.62. The number of furan rings is 1. The van der Waals surface area contributed by atoms with Gasteiger partial charge in [-0.1, -0.05) is 13.8 Å². The van der Waals surface area contributed by atoms with Crippen molar-refractivity contribution in [2.75, 3.05) is 5.43 Å². The number of nitrogen functional groups attached to an aromatic ring is 1. The van der Waals surface area contributed by atoms with Crippen LogP contribution in [0.1, 0.15) is 30.9 Å². The molecule has 0 amide bonds. The van der Waals surface area contributed by atoms with Gasteiger partial charge in [0.2, 0.25) is 0 Å². The van der Waals surface area contributed by atoms with Gasteiger partial charge in [0.05, 0.1) is 0 Å². The number of nitrogens with one attached hydrogen (secondary N) is 1. The first-order valence-electron chi connectivity index (χ1n) is 6.12. The third-order valence-electron chi connectivity index (χ3n) is 2.95. The van der Waals surface area contributed by atoms with Crippen LogP contribution in [0.5, 0.6) is 0 Å². The third kappa shape index (κ3) is 2.22. The Hall–Kier alpha value is -1.88. The maximum atomic E-state index is 5.66. The number of aryl methyl sites for hydroxylation is 2. The zero-order valence-corrected chi connectivity index (χ0v) is 10.9. The largest absolute Gasteiger partial charge is 0.458 e. The molecule has 0 atom stereocenters. The van der Waals surface area contributed by atoms with E-state index in [0.29, 0.717) is 17.4 Å². The maximum Gasteiger partial charge on any atom is 0.197 e. The fourth-order valence-electron chi connectivity index (χ4n) is 1.85. The molecule has 0 spiro atoms. The minimum atomic E-state index is 0.574. The molecule has 0 fully saturated rings. The molecule has 5 heteroatoms. The van der Waals surface area contributed by atoms with Gasteiger partial charge in [-0.25, -0.2) is 15.8 Å². The van der Waals surface area contributed by atoms with Gasteiger partial charge in [0.25, 0.3) is 0 Å². The summed E-state index contributed by atoms with van der Waals surface area (Å²) in [7, 11) is 0. The smallest absolute Gasteiger partial charge is 0.197 e. The molecule has 0 unspecified atom stereocenters. The highest BCUT2D eigenvalue weighted by Crippen LogP contribution is 2.23. The molecule has 0 saturated carbocycles. The number of nitrogens with two attached hydrogens (primary N) is 1. The molecule has 2 aromatic rings. The average molecular weight is 246 g/mol. The van der Waals surface area contributed by atoms with E-state index in [4.69, 9.17) is 10.3 Å². The second-order valence-electron chi connectivity index (χ2n) is 4.08. The Morgan fingerprint density at radius 1 is 1.22 bits per heavy atom. The first-order valence-corrected chi connectivity index (χ1v) is 6.12. The average Bonchev–Trinajstić information content (AvgIpc) is 2.88. The zero-order chi connectivity index (χ0) is 13.1. The molecule has 0 saturated heterocycles. The maximum absolute atomic E-state index is 5.66. The molecule has 0 aliphatic heterocycles. The first-order chi connectivity index (χ1) is 8.69. The second-order valence-corrected chi connectivity index (χ2v) is 4.08. The molecule has 2 aromatic heterocycles.